The van der Waals surface area contributed by atoms with Crippen molar-refractivity contribution in [3.63, 3.8) is 0 Å². The number of benzene rings is 2. The van der Waals surface area contributed by atoms with Crippen molar-refractivity contribution in [1.29, 1.82) is 0 Å². The van der Waals surface area contributed by atoms with Gasteiger partial charge < -0.3 is 10.1 Å². The topological polar surface area (TPSA) is 76.5 Å². The fourth-order valence-electron chi connectivity index (χ4n) is 4.47. The summed E-state index contributed by atoms with van der Waals surface area (Å²) in [7, 11) is 1.58. The van der Waals surface area contributed by atoms with Crippen LogP contribution in [-0.4, -0.2) is 54.2 Å². The number of carbonyl (C=O) groups excluding carboxylic acids is 2. The van der Waals surface area contributed by atoms with E-state index >= 15 is 0 Å². The maximum Gasteiger partial charge on any atom is 0.240 e. The highest BCUT2D eigenvalue weighted by Gasteiger charge is 2.40. The number of nitrogens with zero attached hydrogens (tertiary/aromatic N) is 3. The number of thioether (sulfide) groups is 1. The van der Waals surface area contributed by atoms with Crippen LogP contribution in [0.1, 0.15) is 48.4 Å². The fourth-order valence-corrected chi connectivity index (χ4v) is 5.85. The summed E-state index contributed by atoms with van der Waals surface area (Å²) in [6.07, 6.45) is 0. The number of anilines is 1. The van der Waals surface area contributed by atoms with E-state index in [1.807, 2.05) is 60.1 Å². The van der Waals surface area contributed by atoms with E-state index in [0.717, 1.165) is 28.1 Å². The van der Waals surface area contributed by atoms with Gasteiger partial charge in [0.15, 0.2) is 0 Å². The number of nitrogens with one attached hydrogen (secondary N) is 1. The molecule has 1 aromatic heterocycles. The molecule has 2 heterocycles. The fraction of sp³-hybridized carbons (Fsp3) is 0.393. The number of amides is 2. The summed E-state index contributed by atoms with van der Waals surface area (Å²) < 4.78 is 6.90. The highest BCUT2D eigenvalue weighted by atomic mass is 35.5. The summed E-state index contributed by atoms with van der Waals surface area (Å²) in [5.41, 5.74) is 4.36. The van der Waals surface area contributed by atoms with Gasteiger partial charge in [-0.1, -0.05) is 62.7 Å². The molecule has 1 N–H and O–H groups in total. The molecule has 2 aromatic carbocycles. The standard InChI is InChI=1S/C28H33ClN4O3S/c1-18-9-6-7-12-21(18)33-27-24(26(31-33)28(2,3)4)25(19-10-8-11-20(29)15-19)37-17-23(35)32(27)16-22(34)30-13-14-36-5/h6-12,15,25H,13-14,16-17H2,1-5H3,(H,30,34)/t25-/m1/s1. The van der Waals surface area contributed by atoms with E-state index in [1.54, 1.807) is 12.0 Å². The number of para-hydroxylation sites is 1. The molecule has 0 saturated heterocycles. The number of fused-ring (bicyclic) bond motifs is 1. The Morgan fingerprint density at radius 1 is 1.22 bits per heavy atom. The van der Waals surface area contributed by atoms with Gasteiger partial charge in [0, 0.05) is 29.7 Å². The minimum atomic E-state index is -0.324. The zero-order chi connectivity index (χ0) is 26.7. The van der Waals surface area contributed by atoms with Crippen LogP contribution < -0.4 is 10.2 Å². The molecule has 1 aliphatic rings. The SMILES string of the molecule is COCCNC(=O)CN1C(=O)CS[C@H](c2cccc(Cl)c2)c2c(C(C)(C)C)nn(-c3ccccc3C)c21. The average molecular weight is 541 g/mol. The zero-order valence-electron chi connectivity index (χ0n) is 21.9. The van der Waals surface area contributed by atoms with Crippen LogP contribution in [0.5, 0.6) is 0 Å². The van der Waals surface area contributed by atoms with Gasteiger partial charge >= 0.3 is 0 Å². The van der Waals surface area contributed by atoms with Gasteiger partial charge in [0.05, 0.1) is 29.0 Å². The molecule has 3 aromatic rings. The minimum absolute atomic E-state index is 0.112. The van der Waals surface area contributed by atoms with Crippen molar-refractivity contribution in [2.75, 3.05) is 37.5 Å². The van der Waals surface area contributed by atoms with Crippen LogP contribution in [0.15, 0.2) is 48.5 Å². The number of aryl methyl sites for hydroxylation is 1. The lowest BCUT2D eigenvalue weighted by Gasteiger charge is -2.25. The summed E-state index contributed by atoms with van der Waals surface area (Å²) in [6.45, 7) is 9.02. The van der Waals surface area contributed by atoms with Crippen molar-refractivity contribution < 1.29 is 14.3 Å². The highest BCUT2D eigenvalue weighted by Crippen LogP contribution is 2.48. The van der Waals surface area contributed by atoms with Crippen LogP contribution in [0.2, 0.25) is 5.02 Å². The number of rotatable bonds is 7. The van der Waals surface area contributed by atoms with Crippen molar-refractivity contribution in [1.82, 2.24) is 15.1 Å². The summed E-state index contributed by atoms with van der Waals surface area (Å²) in [5, 5.41) is 8.42. The molecule has 196 valence electrons. The van der Waals surface area contributed by atoms with Crippen molar-refractivity contribution in [2.24, 2.45) is 0 Å². The molecule has 0 unspecified atom stereocenters. The van der Waals surface area contributed by atoms with E-state index in [1.165, 1.54) is 11.8 Å². The molecule has 0 spiro atoms. The van der Waals surface area contributed by atoms with Crippen LogP contribution in [0.4, 0.5) is 5.82 Å². The Morgan fingerprint density at radius 3 is 2.65 bits per heavy atom. The first kappa shape index (κ1) is 27.2. The largest absolute Gasteiger partial charge is 0.383 e. The van der Waals surface area contributed by atoms with Crippen molar-refractivity contribution in [3.8, 4) is 5.69 Å². The Bertz CT molecular complexity index is 1300. The van der Waals surface area contributed by atoms with Crippen molar-refractivity contribution in [2.45, 2.75) is 38.4 Å². The van der Waals surface area contributed by atoms with Crippen LogP contribution in [0.3, 0.4) is 0 Å². The van der Waals surface area contributed by atoms with Crippen molar-refractivity contribution in [3.05, 3.63) is 75.9 Å². The molecular weight excluding hydrogens is 508 g/mol. The molecule has 2 amide bonds. The van der Waals surface area contributed by atoms with E-state index in [-0.39, 0.29) is 34.8 Å². The minimum Gasteiger partial charge on any atom is -0.383 e. The molecule has 7 nitrogen and oxygen atoms in total. The second-order valence-corrected chi connectivity index (χ2v) is 11.6. The quantitative estimate of drug-likeness (QED) is 0.424. The lowest BCUT2D eigenvalue weighted by atomic mass is 9.87. The van der Waals surface area contributed by atoms with E-state index in [4.69, 9.17) is 21.4 Å². The summed E-state index contributed by atoms with van der Waals surface area (Å²) in [4.78, 5) is 28.2. The van der Waals surface area contributed by atoms with E-state index < -0.39 is 0 Å². The third-order valence-electron chi connectivity index (χ3n) is 6.22. The number of halogens is 1. The predicted molar refractivity (Wildman–Crippen MR) is 150 cm³/mol. The van der Waals surface area contributed by atoms with Gasteiger partial charge in [-0.2, -0.15) is 5.10 Å². The van der Waals surface area contributed by atoms with Crippen LogP contribution in [-0.2, 0) is 19.7 Å². The summed E-state index contributed by atoms with van der Waals surface area (Å²) >= 11 is 7.94. The predicted octanol–water partition coefficient (Wildman–Crippen LogP) is 5.06. The molecule has 1 atom stereocenters. The Labute approximate surface area is 227 Å². The van der Waals surface area contributed by atoms with Crippen molar-refractivity contribution >= 4 is 41.0 Å². The number of ether oxygens (including phenoxy) is 1. The first-order valence-electron chi connectivity index (χ1n) is 12.2. The molecule has 0 radical (unpaired) electrons. The molecule has 1 aliphatic heterocycles. The maximum absolute atomic E-state index is 13.6. The van der Waals surface area contributed by atoms with Crippen LogP contribution in [0, 0.1) is 6.92 Å². The van der Waals surface area contributed by atoms with Crippen LogP contribution in [0.25, 0.3) is 5.69 Å². The number of methoxy groups -OCH3 is 1. The van der Waals surface area contributed by atoms with Gasteiger partial charge in [-0.15, -0.1) is 11.8 Å². The Kier molecular flexibility index (Phi) is 8.31. The lowest BCUT2D eigenvalue weighted by molar-refractivity contribution is -0.123. The van der Waals surface area contributed by atoms with Gasteiger partial charge in [0.1, 0.15) is 12.4 Å². The van der Waals surface area contributed by atoms with E-state index in [9.17, 15) is 9.59 Å². The average Bonchev–Trinajstić information content (AvgIpc) is 3.17. The lowest BCUT2D eigenvalue weighted by Crippen LogP contribution is -2.43. The number of aromatic nitrogens is 2. The highest BCUT2D eigenvalue weighted by molar-refractivity contribution is 8.00. The molecule has 0 fully saturated rings. The second-order valence-electron chi connectivity index (χ2n) is 10.1. The third kappa shape index (κ3) is 5.87. The van der Waals surface area contributed by atoms with Gasteiger partial charge in [-0.25, -0.2) is 4.68 Å². The van der Waals surface area contributed by atoms with E-state index in [2.05, 4.69) is 26.1 Å². The Morgan fingerprint density at radius 2 is 1.97 bits per heavy atom. The molecule has 37 heavy (non-hydrogen) atoms. The molecule has 0 saturated carbocycles. The Balaban J connectivity index is 1.97. The Hall–Kier alpha value is -2.81. The van der Waals surface area contributed by atoms with Gasteiger partial charge in [0.2, 0.25) is 11.8 Å². The molecule has 0 bridgehead atoms. The molecule has 0 aliphatic carbocycles. The second kappa shape index (κ2) is 11.3. The van der Waals surface area contributed by atoms with Gasteiger partial charge in [-0.3, -0.25) is 14.5 Å². The number of hydrogen-bond donors (Lipinski definition) is 1. The number of hydrogen-bond acceptors (Lipinski definition) is 5. The molecular formula is C28H33ClN4O3S. The maximum atomic E-state index is 13.6. The smallest absolute Gasteiger partial charge is 0.240 e. The third-order valence-corrected chi connectivity index (χ3v) is 7.71. The summed E-state index contributed by atoms with van der Waals surface area (Å²) in [6, 6.07) is 15.7. The first-order chi connectivity index (χ1) is 17.6. The zero-order valence-corrected chi connectivity index (χ0v) is 23.4. The summed E-state index contributed by atoms with van der Waals surface area (Å²) in [5.74, 6) is 0.445. The molecule has 9 heteroatoms. The van der Waals surface area contributed by atoms with E-state index in [0.29, 0.717) is 24.0 Å². The van der Waals surface area contributed by atoms with Crippen LogP contribution >= 0.6 is 23.4 Å². The molecule has 4 rings (SSSR count). The first-order valence-corrected chi connectivity index (χ1v) is 13.7. The van der Waals surface area contributed by atoms with Gasteiger partial charge in [0.25, 0.3) is 0 Å². The van der Waals surface area contributed by atoms with Gasteiger partial charge in [-0.05, 0) is 36.2 Å². The monoisotopic (exact) mass is 540 g/mol. The normalized spacial score (nSPS) is 15.9. The number of carbonyl (C=O) groups is 2.